The number of hydrogen-bond acceptors (Lipinski definition) is 4. The van der Waals surface area contributed by atoms with Gasteiger partial charge in [0.2, 0.25) is 0 Å². The van der Waals surface area contributed by atoms with Gasteiger partial charge in [0, 0.05) is 7.11 Å². The smallest absolute Gasteiger partial charge is 0.316 e. The second-order valence-corrected chi connectivity index (χ2v) is 2.37. The lowest BCUT2D eigenvalue weighted by molar-refractivity contribution is -0.151. The van der Waals surface area contributed by atoms with Crippen molar-refractivity contribution in [2.24, 2.45) is 5.92 Å². The van der Waals surface area contributed by atoms with Crippen molar-refractivity contribution in [2.75, 3.05) is 20.3 Å². The second kappa shape index (κ2) is 5.71. The lowest BCUT2D eigenvalue weighted by atomic mass is 10.1. The van der Waals surface area contributed by atoms with Crippen LogP contribution in [0.3, 0.4) is 0 Å². The molecule has 0 N–H and O–H groups in total. The fraction of sp³-hybridized carbons (Fsp3) is 0.750. The van der Waals surface area contributed by atoms with Gasteiger partial charge in [-0.2, -0.15) is 0 Å². The van der Waals surface area contributed by atoms with Crippen LogP contribution in [0.5, 0.6) is 0 Å². The van der Waals surface area contributed by atoms with Crippen LogP contribution in [0.15, 0.2) is 0 Å². The fourth-order valence-corrected chi connectivity index (χ4v) is 0.666. The third kappa shape index (κ3) is 3.48. The lowest BCUT2D eigenvalue weighted by Gasteiger charge is -2.07. The highest BCUT2D eigenvalue weighted by atomic mass is 16.5. The number of carbonyl (C=O) groups is 2. The maximum Gasteiger partial charge on any atom is 0.316 e. The maximum absolute atomic E-state index is 11.0. The average molecular weight is 174 g/mol. The number of carbonyl (C=O) groups excluding carboxylic acids is 2. The van der Waals surface area contributed by atoms with E-state index in [9.17, 15) is 9.59 Å². The molecule has 4 heteroatoms. The summed E-state index contributed by atoms with van der Waals surface area (Å²) in [6.45, 7) is 3.47. The Hall–Kier alpha value is -0.900. The van der Waals surface area contributed by atoms with Gasteiger partial charge in [0.25, 0.3) is 0 Å². The highest BCUT2D eigenvalue weighted by molar-refractivity contribution is 5.99. The predicted molar refractivity (Wildman–Crippen MR) is 42.7 cm³/mol. The molecule has 0 aromatic rings. The van der Waals surface area contributed by atoms with Crippen molar-refractivity contribution in [1.82, 2.24) is 0 Å². The number of ketones is 1. The van der Waals surface area contributed by atoms with E-state index in [0.29, 0.717) is 6.61 Å². The first-order chi connectivity index (χ1) is 5.63. The van der Waals surface area contributed by atoms with Crippen LogP contribution in [0.4, 0.5) is 0 Å². The molecule has 0 saturated carbocycles. The van der Waals surface area contributed by atoms with Crippen molar-refractivity contribution < 1.29 is 19.1 Å². The van der Waals surface area contributed by atoms with Crippen LogP contribution in [0.25, 0.3) is 0 Å². The Morgan fingerprint density at radius 3 is 2.42 bits per heavy atom. The molecular weight excluding hydrogens is 160 g/mol. The van der Waals surface area contributed by atoms with Crippen molar-refractivity contribution in [3.05, 3.63) is 0 Å². The van der Waals surface area contributed by atoms with Crippen LogP contribution < -0.4 is 0 Å². The van der Waals surface area contributed by atoms with Gasteiger partial charge in [-0.3, -0.25) is 9.59 Å². The minimum absolute atomic E-state index is 0.0417. The number of hydrogen-bond donors (Lipinski definition) is 0. The molecule has 0 heterocycles. The van der Waals surface area contributed by atoms with Gasteiger partial charge in [-0.25, -0.2) is 0 Å². The Bertz CT molecular complexity index is 146. The molecule has 0 aliphatic carbocycles. The first kappa shape index (κ1) is 11.1. The quantitative estimate of drug-likeness (QED) is 0.447. The van der Waals surface area contributed by atoms with Crippen LogP contribution >= 0.6 is 0 Å². The van der Waals surface area contributed by atoms with E-state index in [0.717, 1.165) is 0 Å². The molecule has 4 nitrogen and oxygen atoms in total. The summed E-state index contributed by atoms with van der Waals surface area (Å²) < 4.78 is 9.25. The Labute approximate surface area is 71.8 Å². The third-order valence-corrected chi connectivity index (χ3v) is 1.41. The van der Waals surface area contributed by atoms with Gasteiger partial charge >= 0.3 is 5.97 Å². The molecule has 0 aromatic heterocycles. The van der Waals surface area contributed by atoms with Crippen LogP contribution in [0.1, 0.15) is 13.8 Å². The Morgan fingerprint density at radius 2 is 2.00 bits per heavy atom. The van der Waals surface area contributed by atoms with E-state index in [-0.39, 0.29) is 12.4 Å². The molecule has 1 atom stereocenters. The summed E-state index contributed by atoms with van der Waals surface area (Å²) in [6, 6.07) is 0. The summed E-state index contributed by atoms with van der Waals surface area (Å²) in [5, 5.41) is 0. The van der Waals surface area contributed by atoms with E-state index in [1.54, 1.807) is 6.92 Å². The van der Waals surface area contributed by atoms with Crippen molar-refractivity contribution in [1.29, 1.82) is 0 Å². The SMILES string of the molecule is CCOC(=O)C(C)C(=O)COC. The predicted octanol–water partition coefficient (Wildman–Crippen LogP) is 0.401. The van der Waals surface area contributed by atoms with Crippen molar-refractivity contribution in [3.63, 3.8) is 0 Å². The summed E-state index contributed by atoms with van der Waals surface area (Å²) in [5.41, 5.74) is 0. The number of Topliss-reactive ketones (excluding diaryl/α,β-unsaturated/α-hetero) is 1. The van der Waals surface area contributed by atoms with Gasteiger partial charge in [0.1, 0.15) is 12.5 Å². The van der Waals surface area contributed by atoms with Crippen molar-refractivity contribution in [2.45, 2.75) is 13.8 Å². The molecule has 0 bridgehead atoms. The monoisotopic (exact) mass is 174 g/mol. The summed E-state index contributed by atoms with van der Waals surface area (Å²) in [4.78, 5) is 22.0. The molecule has 0 aliphatic rings. The number of esters is 1. The number of rotatable bonds is 5. The van der Waals surface area contributed by atoms with Crippen molar-refractivity contribution >= 4 is 11.8 Å². The van der Waals surface area contributed by atoms with Gasteiger partial charge in [-0.05, 0) is 13.8 Å². The zero-order valence-electron chi connectivity index (χ0n) is 7.62. The van der Waals surface area contributed by atoms with E-state index >= 15 is 0 Å². The summed E-state index contributed by atoms with van der Waals surface area (Å²) in [6.07, 6.45) is 0. The van der Waals surface area contributed by atoms with Crippen LogP contribution in [0.2, 0.25) is 0 Å². The molecule has 0 rings (SSSR count). The molecule has 0 fully saturated rings. The second-order valence-electron chi connectivity index (χ2n) is 2.37. The summed E-state index contributed by atoms with van der Waals surface area (Å²) >= 11 is 0. The molecule has 0 radical (unpaired) electrons. The van der Waals surface area contributed by atoms with Gasteiger partial charge in [-0.1, -0.05) is 0 Å². The third-order valence-electron chi connectivity index (χ3n) is 1.41. The first-order valence-electron chi connectivity index (χ1n) is 3.81. The van der Waals surface area contributed by atoms with Crippen LogP contribution in [0, 0.1) is 5.92 Å². The van der Waals surface area contributed by atoms with E-state index in [4.69, 9.17) is 0 Å². The van der Waals surface area contributed by atoms with E-state index in [1.165, 1.54) is 14.0 Å². The molecular formula is C8H14O4. The molecule has 70 valence electrons. The minimum atomic E-state index is -0.718. The Kier molecular flexibility index (Phi) is 5.28. The molecule has 0 spiro atoms. The number of methoxy groups -OCH3 is 1. The maximum atomic E-state index is 11.0. The van der Waals surface area contributed by atoms with Crippen LogP contribution in [-0.4, -0.2) is 32.1 Å². The van der Waals surface area contributed by atoms with Gasteiger partial charge in [0.05, 0.1) is 6.61 Å². The lowest BCUT2D eigenvalue weighted by Crippen LogP contribution is -2.26. The van der Waals surface area contributed by atoms with Crippen molar-refractivity contribution in [3.8, 4) is 0 Å². The first-order valence-corrected chi connectivity index (χ1v) is 3.81. The largest absolute Gasteiger partial charge is 0.465 e. The van der Waals surface area contributed by atoms with E-state index < -0.39 is 11.9 Å². The topological polar surface area (TPSA) is 52.6 Å². The normalized spacial score (nSPS) is 12.2. The molecule has 0 aromatic carbocycles. The fourth-order valence-electron chi connectivity index (χ4n) is 0.666. The summed E-state index contributed by atoms with van der Waals surface area (Å²) in [5.74, 6) is -1.46. The Morgan fingerprint density at radius 1 is 1.42 bits per heavy atom. The number of ether oxygens (including phenoxy) is 2. The molecule has 0 saturated heterocycles. The molecule has 0 aliphatic heterocycles. The summed E-state index contributed by atoms with van der Waals surface area (Å²) in [7, 11) is 1.41. The minimum Gasteiger partial charge on any atom is -0.465 e. The van der Waals surface area contributed by atoms with Gasteiger partial charge in [-0.15, -0.1) is 0 Å². The van der Waals surface area contributed by atoms with Gasteiger partial charge in [0.15, 0.2) is 5.78 Å². The van der Waals surface area contributed by atoms with Crippen LogP contribution in [-0.2, 0) is 19.1 Å². The standard InChI is InChI=1S/C8H14O4/c1-4-12-8(10)6(2)7(9)5-11-3/h6H,4-5H2,1-3H3. The zero-order chi connectivity index (χ0) is 9.56. The van der Waals surface area contributed by atoms with Gasteiger partial charge < -0.3 is 9.47 Å². The molecule has 12 heavy (non-hydrogen) atoms. The molecule has 0 amide bonds. The average Bonchev–Trinajstić information content (AvgIpc) is 2.04. The highest BCUT2D eigenvalue weighted by Gasteiger charge is 2.21. The van der Waals surface area contributed by atoms with E-state index in [2.05, 4.69) is 9.47 Å². The van der Waals surface area contributed by atoms with E-state index in [1.807, 2.05) is 0 Å². The highest BCUT2D eigenvalue weighted by Crippen LogP contribution is 2.00. The Balaban J connectivity index is 3.91. The molecule has 1 unspecified atom stereocenters. The zero-order valence-corrected chi connectivity index (χ0v) is 7.62.